The average Bonchev–Trinajstić information content (AvgIpc) is 1.95. The molecule has 5 heteroatoms. The first kappa shape index (κ1) is 13.9. The molecule has 0 saturated heterocycles. The van der Waals surface area contributed by atoms with E-state index >= 15 is 0 Å². The molecule has 2 radical (unpaired) electrons. The van der Waals surface area contributed by atoms with Crippen molar-refractivity contribution < 1.29 is 20.4 Å². The Balaban J connectivity index is 0. The standard InChI is InChI=1S/C5H12O4.Sr/c6-1-5(2-7,3-8)4-9;/h6-9H,1-4H2;. The molecule has 4 nitrogen and oxygen atoms in total. The number of hydrogen-bond acceptors (Lipinski definition) is 4. The zero-order chi connectivity index (χ0) is 7.33. The molecular formula is C5H12O4Sr. The van der Waals surface area contributed by atoms with Gasteiger partial charge in [0.2, 0.25) is 0 Å². The molecule has 58 valence electrons. The molecule has 0 rings (SSSR count). The van der Waals surface area contributed by atoms with Gasteiger partial charge >= 0.3 is 0 Å². The maximum atomic E-state index is 8.50. The Bertz CT molecular complexity index is 56.5. The molecule has 0 aliphatic heterocycles. The smallest absolute Gasteiger partial charge is 0.0627 e. The van der Waals surface area contributed by atoms with E-state index in [9.17, 15) is 0 Å². The van der Waals surface area contributed by atoms with Crippen molar-refractivity contribution in [3.8, 4) is 0 Å². The van der Waals surface area contributed by atoms with Gasteiger partial charge in [0.25, 0.3) is 0 Å². The van der Waals surface area contributed by atoms with Gasteiger partial charge in [0.1, 0.15) is 0 Å². The molecule has 0 bridgehead atoms. The van der Waals surface area contributed by atoms with Crippen LogP contribution in [-0.2, 0) is 0 Å². The Morgan fingerprint density at radius 1 is 0.700 bits per heavy atom. The fourth-order valence-electron chi connectivity index (χ4n) is 0.300. The van der Waals surface area contributed by atoms with E-state index in [0.29, 0.717) is 0 Å². The molecule has 0 aliphatic rings. The van der Waals surface area contributed by atoms with E-state index in [1.165, 1.54) is 0 Å². The first-order valence-electron chi connectivity index (χ1n) is 2.68. The average molecular weight is 224 g/mol. The molecular weight excluding hydrogens is 212 g/mol. The summed E-state index contributed by atoms with van der Waals surface area (Å²) < 4.78 is 0. The van der Waals surface area contributed by atoms with Gasteiger partial charge in [-0.15, -0.1) is 0 Å². The van der Waals surface area contributed by atoms with Crippen LogP contribution in [0.1, 0.15) is 0 Å². The van der Waals surface area contributed by atoms with Crippen molar-refractivity contribution in [3.63, 3.8) is 0 Å². The summed E-state index contributed by atoms with van der Waals surface area (Å²) >= 11 is 0. The Morgan fingerprint density at radius 3 is 0.900 bits per heavy atom. The minimum Gasteiger partial charge on any atom is -0.396 e. The van der Waals surface area contributed by atoms with E-state index in [2.05, 4.69) is 0 Å². The molecule has 10 heavy (non-hydrogen) atoms. The summed E-state index contributed by atoms with van der Waals surface area (Å²) in [6, 6.07) is 0. The zero-order valence-corrected chi connectivity index (χ0v) is 9.30. The second-order valence-corrected chi connectivity index (χ2v) is 2.13. The third kappa shape index (κ3) is 3.64. The summed E-state index contributed by atoms with van der Waals surface area (Å²) in [6.07, 6.45) is 0. The molecule has 0 aromatic heterocycles. The van der Waals surface area contributed by atoms with Gasteiger partial charge in [-0.05, 0) is 0 Å². The van der Waals surface area contributed by atoms with E-state index in [-0.39, 0.29) is 45.5 Å². The van der Waals surface area contributed by atoms with Crippen LogP contribution in [0.25, 0.3) is 0 Å². The summed E-state index contributed by atoms with van der Waals surface area (Å²) in [5.74, 6) is 0. The van der Waals surface area contributed by atoms with E-state index in [1.807, 2.05) is 0 Å². The number of aliphatic hydroxyl groups is 4. The van der Waals surface area contributed by atoms with Crippen LogP contribution in [0, 0.1) is 5.41 Å². The summed E-state index contributed by atoms with van der Waals surface area (Å²) in [6.45, 7) is -1.62. The number of rotatable bonds is 4. The van der Waals surface area contributed by atoms with Gasteiger partial charge in [0, 0.05) is 45.5 Å². The molecule has 0 unspecified atom stereocenters. The Labute approximate surface area is 96.8 Å². The molecule has 0 fully saturated rings. The van der Waals surface area contributed by atoms with Gasteiger partial charge < -0.3 is 20.4 Å². The number of hydrogen-bond donors (Lipinski definition) is 4. The van der Waals surface area contributed by atoms with Crippen LogP contribution in [0.4, 0.5) is 0 Å². The molecule has 4 N–H and O–H groups in total. The number of aliphatic hydroxyl groups excluding tert-OH is 4. The maximum Gasteiger partial charge on any atom is 0.0627 e. The van der Waals surface area contributed by atoms with Gasteiger partial charge in [-0.25, -0.2) is 0 Å². The predicted molar refractivity (Wildman–Crippen MR) is 36.5 cm³/mol. The normalized spacial score (nSPS) is 10.8. The Morgan fingerprint density at radius 2 is 0.900 bits per heavy atom. The molecule has 0 atom stereocenters. The second-order valence-electron chi connectivity index (χ2n) is 2.13. The van der Waals surface area contributed by atoms with Crippen molar-refractivity contribution in [1.29, 1.82) is 0 Å². The van der Waals surface area contributed by atoms with Crippen molar-refractivity contribution >= 4 is 45.5 Å². The first-order valence-corrected chi connectivity index (χ1v) is 2.68. The van der Waals surface area contributed by atoms with Crippen LogP contribution < -0.4 is 0 Å². The van der Waals surface area contributed by atoms with Gasteiger partial charge in [-0.2, -0.15) is 0 Å². The van der Waals surface area contributed by atoms with E-state index in [4.69, 9.17) is 20.4 Å². The van der Waals surface area contributed by atoms with Crippen LogP contribution >= 0.6 is 0 Å². The SMILES string of the molecule is OCC(CO)(CO)CO.[Sr]. The molecule has 0 aromatic rings. The van der Waals surface area contributed by atoms with Gasteiger partial charge in [-0.3, -0.25) is 0 Å². The quantitative estimate of drug-likeness (QED) is 0.400. The topological polar surface area (TPSA) is 80.9 Å². The zero-order valence-electron chi connectivity index (χ0n) is 5.82. The summed E-state index contributed by atoms with van der Waals surface area (Å²) in [5, 5.41) is 34.0. The minimum absolute atomic E-state index is 0. The summed E-state index contributed by atoms with van der Waals surface area (Å²) in [4.78, 5) is 0. The van der Waals surface area contributed by atoms with Crippen molar-refractivity contribution in [2.24, 2.45) is 5.41 Å². The molecule has 0 aromatic carbocycles. The van der Waals surface area contributed by atoms with Gasteiger partial charge in [0.05, 0.1) is 31.8 Å². The van der Waals surface area contributed by atoms with Crippen LogP contribution in [0.15, 0.2) is 0 Å². The largest absolute Gasteiger partial charge is 0.396 e. The molecule has 0 saturated carbocycles. The Hall–Kier alpha value is 1.32. The minimum atomic E-state index is -1.11. The molecule has 0 aliphatic carbocycles. The second kappa shape index (κ2) is 7.00. The van der Waals surface area contributed by atoms with Crippen molar-refractivity contribution in [1.82, 2.24) is 0 Å². The van der Waals surface area contributed by atoms with Gasteiger partial charge in [-0.1, -0.05) is 0 Å². The third-order valence-corrected chi connectivity index (χ3v) is 1.34. The summed E-state index contributed by atoms with van der Waals surface area (Å²) in [5.41, 5.74) is -1.11. The van der Waals surface area contributed by atoms with E-state index in [1.54, 1.807) is 0 Å². The van der Waals surface area contributed by atoms with Crippen LogP contribution in [0.2, 0.25) is 0 Å². The Kier molecular flexibility index (Phi) is 9.71. The third-order valence-electron chi connectivity index (χ3n) is 1.34. The summed E-state index contributed by atoms with van der Waals surface area (Å²) in [7, 11) is 0. The van der Waals surface area contributed by atoms with Gasteiger partial charge in [0.15, 0.2) is 0 Å². The molecule has 0 heterocycles. The fourth-order valence-corrected chi connectivity index (χ4v) is 0.300. The van der Waals surface area contributed by atoms with Crippen LogP contribution in [-0.4, -0.2) is 92.3 Å². The van der Waals surface area contributed by atoms with Crippen molar-refractivity contribution in [2.75, 3.05) is 26.4 Å². The fraction of sp³-hybridized carbons (Fsp3) is 1.00. The first-order chi connectivity index (χ1) is 4.24. The molecule has 0 spiro atoms. The monoisotopic (exact) mass is 224 g/mol. The maximum absolute atomic E-state index is 8.50. The molecule has 0 amide bonds. The van der Waals surface area contributed by atoms with Crippen LogP contribution in [0.3, 0.4) is 0 Å². The van der Waals surface area contributed by atoms with Crippen molar-refractivity contribution in [2.45, 2.75) is 0 Å². The predicted octanol–water partition coefficient (Wildman–Crippen LogP) is -2.44. The van der Waals surface area contributed by atoms with E-state index in [0.717, 1.165) is 0 Å². The van der Waals surface area contributed by atoms with E-state index < -0.39 is 31.8 Å². The van der Waals surface area contributed by atoms with Crippen LogP contribution in [0.5, 0.6) is 0 Å². The van der Waals surface area contributed by atoms with Crippen molar-refractivity contribution in [3.05, 3.63) is 0 Å².